The zero-order chi connectivity index (χ0) is 14.8. The van der Waals surface area contributed by atoms with E-state index in [1.807, 2.05) is 7.05 Å². The van der Waals surface area contributed by atoms with Gasteiger partial charge in [0.05, 0.1) is 12.6 Å². The summed E-state index contributed by atoms with van der Waals surface area (Å²) >= 11 is 3.68. The lowest BCUT2D eigenvalue weighted by Crippen LogP contribution is -2.19. The molecular weight excluding hydrogens is 326 g/mol. The number of rotatable bonds is 3. The lowest BCUT2D eigenvalue weighted by Gasteiger charge is -2.23. The molecule has 0 aliphatic carbocycles. The van der Waals surface area contributed by atoms with Gasteiger partial charge in [-0.05, 0) is 55.6 Å². The molecule has 1 atom stereocenters. The third-order valence-electron chi connectivity index (χ3n) is 4.02. The molecule has 0 spiro atoms. The molecule has 3 rings (SSSR count). The molecule has 0 aromatic heterocycles. The van der Waals surface area contributed by atoms with Crippen LogP contribution in [0.25, 0.3) is 0 Å². The second-order valence-corrected chi connectivity index (χ2v) is 6.42. The van der Waals surface area contributed by atoms with Crippen molar-refractivity contribution in [1.29, 1.82) is 0 Å². The number of hydrogen-bond donors (Lipinski definition) is 1. The van der Waals surface area contributed by atoms with Crippen molar-refractivity contribution in [1.82, 2.24) is 5.32 Å². The van der Waals surface area contributed by atoms with E-state index in [2.05, 4.69) is 64.6 Å². The summed E-state index contributed by atoms with van der Waals surface area (Å²) in [5.74, 6) is 1.04. The van der Waals surface area contributed by atoms with Crippen molar-refractivity contribution in [3.05, 3.63) is 63.1 Å². The summed E-state index contributed by atoms with van der Waals surface area (Å²) in [6.07, 6.45) is 2.21. The summed E-state index contributed by atoms with van der Waals surface area (Å²) in [6.45, 7) is 2.97. The van der Waals surface area contributed by atoms with Crippen LogP contribution in [-0.4, -0.2) is 13.7 Å². The summed E-state index contributed by atoms with van der Waals surface area (Å²) in [5.41, 5.74) is 5.15. The average molecular weight is 346 g/mol. The summed E-state index contributed by atoms with van der Waals surface area (Å²) in [4.78, 5) is 0. The summed E-state index contributed by atoms with van der Waals surface area (Å²) in [6, 6.07) is 13.2. The molecule has 0 amide bonds. The predicted molar refractivity (Wildman–Crippen MR) is 90.0 cm³/mol. The van der Waals surface area contributed by atoms with Gasteiger partial charge in [0, 0.05) is 4.47 Å². The van der Waals surface area contributed by atoms with Crippen molar-refractivity contribution in [2.75, 3.05) is 13.7 Å². The summed E-state index contributed by atoms with van der Waals surface area (Å²) in [5, 5.41) is 3.44. The van der Waals surface area contributed by atoms with Gasteiger partial charge < -0.3 is 10.1 Å². The van der Waals surface area contributed by atoms with E-state index >= 15 is 0 Å². The standard InChI is InChI=1S/C18H20BrNO/c1-12-5-7-16(19)15(10-12)18(20-2)14-6-8-17-13(11-14)4-3-9-21-17/h5-8,10-11,18,20H,3-4,9H2,1-2H3. The highest BCUT2D eigenvalue weighted by Crippen LogP contribution is 2.33. The molecule has 0 bridgehead atoms. The molecule has 3 heteroatoms. The minimum absolute atomic E-state index is 0.187. The van der Waals surface area contributed by atoms with Gasteiger partial charge >= 0.3 is 0 Å². The Kier molecular flexibility index (Phi) is 4.32. The zero-order valence-electron chi connectivity index (χ0n) is 12.4. The Bertz CT molecular complexity index is 654. The first-order valence-corrected chi connectivity index (χ1v) is 8.17. The lowest BCUT2D eigenvalue weighted by molar-refractivity contribution is 0.288. The molecule has 2 aromatic rings. The molecule has 2 aromatic carbocycles. The highest BCUT2D eigenvalue weighted by Gasteiger charge is 2.18. The molecule has 1 N–H and O–H groups in total. The number of ether oxygens (including phenoxy) is 1. The normalized spacial score (nSPS) is 15.2. The zero-order valence-corrected chi connectivity index (χ0v) is 14.0. The molecule has 0 radical (unpaired) electrons. The molecule has 0 fully saturated rings. The fourth-order valence-electron chi connectivity index (χ4n) is 2.95. The van der Waals surface area contributed by atoms with Crippen LogP contribution in [0.1, 0.15) is 34.7 Å². The molecule has 0 saturated heterocycles. The Morgan fingerprint density at radius 3 is 2.86 bits per heavy atom. The van der Waals surface area contributed by atoms with Gasteiger partial charge in [0.25, 0.3) is 0 Å². The number of benzene rings is 2. The largest absolute Gasteiger partial charge is 0.493 e. The van der Waals surface area contributed by atoms with E-state index in [0.29, 0.717) is 0 Å². The van der Waals surface area contributed by atoms with E-state index in [9.17, 15) is 0 Å². The molecule has 1 aliphatic rings. The van der Waals surface area contributed by atoms with E-state index in [1.54, 1.807) is 0 Å². The SMILES string of the molecule is CNC(c1ccc2c(c1)CCCO2)c1cc(C)ccc1Br. The van der Waals surface area contributed by atoms with Gasteiger partial charge in [0.15, 0.2) is 0 Å². The van der Waals surface area contributed by atoms with E-state index in [-0.39, 0.29) is 6.04 Å². The lowest BCUT2D eigenvalue weighted by atomic mass is 9.94. The first-order chi connectivity index (χ1) is 10.2. The van der Waals surface area contributed by atoms with E-state index in [1.165, 1.54) is 22.3 Å². The average Bonchev–Trinajstić information content (AvgIpc) is 2.51. The monoisotopic (exact) mass is 345 g/mol. The van der Waals surface area contributed by atoms with Crippen molar-refractivity contribution in [3.63, 3.8) is 0 Å². The van der Waals surface area contributed by atoms with Crippen LogP contribution in [0, 0.1) is 6.92 Å². The van der Waals surface area contributed by atoms with Crippen LogP contribution in [0.3, 0.4) is 0 Å². The van der Waals surface area contributed by atoms with Crippen molar-refractivity contribution in [2.45, 2.75) is 25.8 Å². The Morgan fingerprint density at radius 2 is 2.05 bits per heavy atom. The summed E-state index contributed by atoms with van der Waals surface area (Å²) < 4.78 is 6.85. The van der Waals surface area contributed by atoms with Gasteiger partial charge in [-0.1, -0.05) is 45.8 Å². The predicted octanol–water partition coefficient (Wildman–Crippen LogP) is 4.39. The number of fused-ring (bicyclic) bond motifs is 1. The van der Waals surface area contributed by atoms with Gasteiger partial charge in [-0.3, -0.25) is 0 Å². The van der Waals surface area contributed by atoms with Gasteiger partial charge in [-0.25, -0.2) is 0 Å². The molecule has 2 nitrogen and oxygen atoms in total. The van der Waals surface area contributed by atoms with Gasteiger partial charge in [0.1, 0.15) is 5.75 Å². The molecule has 1 aliphatic heterocycles. The van der Waals surface area contributed by atoms with Crippen molar-refractivity contribution < 1.29 is 4.74 Å². The van der Waals surface area contributed by atoms with Crippen LogP contribution in [0.15, 0.2) is 40.9 Å². The third-order valence-corrected chi connectivity index (χ3v) is 4.74. The second kappa shape index (κ2) is 6.20. The summed E-state index contributed by atoms with van der Waals surface area (Å²) in [7, 11) is 2.01. The Hall–Kier alpha value is -1.32. The maximum absolute atomic E-state index is 5.71. The maximum atomic E-state index is 5.71. The Labute approximate surface area is 134 Å². The molecule has 1 heterocycles. The van der Waals surface area contributed by atoms with Crippen LogP contribution < -0.4 is 10.1 Å². The minimum atomic E-state index is 0.187. The van der Waals surface area contributed by atoms with E-state index < -0.39 is 0 Å². The highest BCUT2D eigenvalue weighted by atomic mass is 79.9. The van der Waals surface area contributed by atoms with E-state index in [0.717, 1.165) is 29.7 Å². The third kappa shape index (κ3) is 2.99. The smallest absolute Gasteiger partial charge is 0.122 e. The first-order valence-electron chi connectivity index (χ1n) is 7.38. The van der Waals surface area contributed by atoms with Crippen LogP contribution in [0.4, 0.5) is 0 Å². The Balaban J connectivity index is 2.01. The molecule has 21 heavy (non-hydrogen) atoms. The van der Waals surface area contributed by atoms with Crippen molar-refractivity contribution >= 4 is 15.9 Å². The number of aryl methyl sites for hydroxylation is 2. The highest BCUT2D eigenvalue weighted by molar-refractivity contribution is 9.10. The first kappa shape index (κ1) is 14.6. The van der Waals surface area contributed by atoms with Gasteiger partial charge in [0.2, 0.25) is 0 Å². The topological polar surface area (TPSA) is 21.3 Å². The second-order valence-electron chi connectivity index (χ2n) is 5.57. The van der Waals surface area contributed by atoms with Gasteiger partial charge in [-0.2, -0.15) is 0 Å². The number of hydrogen-bond acceptors (Lipinski definition) is 2. The van der Waals surface area contributed by atoms with Crippen LogP contribution in [-0.2, 0) is 6.42 Å². The van der Waals surface area contributed by atoms with Crippen LogP contribution in [0.2, 0.25) is 0 Å². The minimum Gasteiger partial charge on any atom is -0.493 e. The quantitative estimate of drug-likeness (QED) is 0.890. The number of nitrogens with one attached hydrogen (secondary N) is 1. The Morgan fingerprint density at radius 1 is 1.19 bits per heavy atom. The van der Waals surface area contributed by atoms with Crippen molar-refractivity contribution in [3.8, 4) is 5.75 Å². The molecule has 1 unspecified atom stereocenters. The maximum Gasteiger partial charge on any atom is 0.122 e. The molecule has 0 saturated carbocycles. The fraction of sp³-hybridized carbons (Fsp3) is 0.333. The van der Waals surface area contributed by atoms with Crippen molar-refractivity contribution in [2.24, 2.45) is 0 Å². The number of halogens is 1. The molecule has 110 valence electrons. The van der Waals surface area contributed by atoms with Crippen LogP contribution in [0.5, 0.6) is 5.75 Å². The molecular formula is C18H20BrNO. The van der Waals surface area contributed by atoms with E-state index in [4.69, 9.17) is 4.74 Å². The van der Waals surface area contributed by atoms with Crippen LogP contribution >= 0.6 is 15.9 Å². The fourth-order valence-corrected chi connectivity index (χ4v) is 3.42. The van der Waals surface area contributed by atoms with Gasteiger partial charge in [-0.15, -0.1) is 0 Å².